The Balaban J connectivity index is 1.58. The third kappa shape index (κ3) is 3.99. The van der Waals surface area contributed by atoms with Gasteiger partial charge in [-0.05, 0) is 24.6 Å². The maximum atomic E-state index is 12.4. The highest BCUT2D eigenvalue weighted by molar-refractivity contribution is 7.99. The Bertz CT molecular complexity index is 786. The standard InChI is InChI=1S/C20H19NO3S/c1-14-7-9-16(10-8-14)25-12-11-18(22)21-13-17(19(23)20(21)24)15-5-3-2-4-6-15/h2-10,17H,11-13H2,1H3/t17-/m1/s1. The van der Waals surface area contributed by atoms with Crippen LogP contribution in [-0.2, 0) is 14.4 Å². The molecule has 1 fully saturated rings. The van der Waals surface area contributed by atoms with Crippen LogP contribution in [-0.4, -0.2) is 34.8 Å². The normalized spacial score (nSPS) is 17.2. The molecule has 4 nitrogen and oxygen atoms in total. The van der Waals surface area contributed by atoms with Crippen molar-refractivity contribution in [2.75, 3.05) is 12.3 Å². The molecule has 128 valence electrons. The van der Waals surface area contributed by atoms with Crippen LogP contribution in [0, 0.1) is 6.92 Å². The van der Waals surface area contributed by atoms with E-state index in [1.807, 2.05) is 61.5 Å². The number of benzene rings is 2. The smallest absolute Gasteiger partial charge is 0.288 e. The first-order chi connectivity index (χ1) is 12.1. The van der Waals surface area contributed by atoms with Crippen LogP contribution in [0.1, 0.15) is 23.5 Å². The zero-order chi connectivity index (χ0) is 17.8. The number of carbonyl (C=O) groups excluding carboxylic acids is 3. The lowest BCUT2D eigenvalue weighted by Crippen LogP contribution is -2.34. The van der Waals surface area contributed by atoms with Crippen LogP contribution in [0.4, 0.5) is 0 Å². The number of carbonyl (C=O) groups is 3. The van der Waals surface area contributed by atoms with E-state index in [0.717, 1.165) is 15.4 Å². The van der Waals surface area contributed by atoms with Crippen molar-refractivity contribution in [1.82, 2.24) is 4.90 Å². The molecule has 1 aliphatic rings. The van der Waals surface area contributed by atoms with Crippen molar-refractivity contribution < 1.29 is 14.4 Å². The molecule has 0 radical (unpaired) electrons. The van der Waals surface area contributed by atoms with Gasteiger partial charge >= 0.3 is 0 Å². The molecule has 25 heavy (non-hydrogen) atoms. The van der Waals surface area contributed by atoms with Crippen molar-refractivity contribution in [2.24, 2.45) is 0 Å². The van der Waals surface area contributed by atoms with Gasteiger partial charge < -0.3 is 0 Å². The topological polar surface area (TPSA) is 54.5 Å². The van der Waals surface area contributed by atoms with Gasteiger partial charge in [-0.15, -0.1) is 11.8 Å². The van der Waals surface area contributed by atoms with Crippen molar-refractivity contribution >= 4 is 29.4 Å². The monoisotopic (exact) mass is 353 g/mol. The molecule has 0 aliphatic carbocycles. The molecule has 1 saturated heterocycles. The summed E-state index contributed by atoms with van der Waals surface area (Å²) in [5.74, 6) is -1.42. The molecule has 2 aromatic rings. The van der Waals surface area contributed by atoms with E-state index < -0.39 is 17.6 Å². The molecule has 0 N–H and O–H groups in total. The number of Topliss-reactive ketones (excluding diaryl/α,β-unsaturated/α-hetero) is 1. The minimum absolute atomic E-state index is 0.149. The summed E-state index contributed by atoms with van der Waals surface area (Å²) in [5.41, 5.74) is 1.97. The first kappa shape index (κ1) is 17.4. The van der Waals surface area contributed by atoms with Crippen molar-refractivity contribution in [1.29, 1.82) is 0 Å². The number of nitrogens with zero attached hydrogens (tertiary/aromatic N) is 1. The predicted octanol–water partition coefficient (Wildman–Crippen LogP) is 3.20. The molecule has 0 unspecified atom stereocenters. The fourth-order valence-electron chi connectivity index (χ4n) is 2.81. The third-order valence-electron chi connectivity index (χ3n) is 4.25. The van der Waals surface area contributed by atoms with Crippen molar-refractivity contribution in [2.45, 2.75) is 24.2 Å². The molecule has 1 aliphatic heterocycles. The molecule has 2 aromatic carbocycles. The number of aryl methyl sites for hydroxylation is 1. The van der Waals surface area contributed by atoms with Gasteiger partial charge in [-0.1, -0.05) is 48.0 Å². The minimum Gasteiger partial charge on any atom is -0.288 e. The van der Waals surface area contributed by atoms with E-state index >= 15 is 0 Å². The minimum atomic E-state index is -0.681. The molecule has 2 amide bonds. The first-order valence-electron chi connectivity index (χ1n) is 8.19. The summed E-state index contributed by atoms with van der Waals surface area (Å²) in [7, 11) is 0. The average Bonchev–Trinajstić information content (AvgIpc) is 2.93. The number of hydrogen-bond acceptors (Lipinski definition) is 4. The van der Waals surface area contributed by atoms with E-state index in [9.17, 15) is 14.4 Å². The van der Waals surface area contributed by atoms with Gasteiger partial charge in [0, 0.05) is 23.6 Å². The number of amides is 2. The van der Waals surface area contributed by atoms with E-state index in [1.165, 1.54) is 5.56 Å². The molecule has 5 heteroatoms. The fourth-order valence-corrected chi connectivity index (χ4v) is 3.65. The van der Waals surface area contributed by atoms with Crippen LogP contribution in [0.25, 0.3) is 0 Å². The lowest BCUT2D eigenvalue weighted by molar-refractivity contribution is -0.147. The Hall–Kier alpha value is -2.40. The highest BCUT2D eigenvalue weighted by Gasteiger charge is 2.42. The highest BCUT2D eigenvalue weighted by Crippen LogP contribution is 2.26. The first-order valence-corrected chi connectivity index (χ1v) is 9.18. The molecular formula is C20H19NO3S. The van der Waals surface area contributed by atoms with Gasteiger partial charge in [-0.2, -0.15) is 0 Å². The van der Waals surface area contributed by atoms with E-state index in [-0.39, 0.29) is 18.9 Å². The van der Waals surface area contributed by atoms with Gasteiger partial charge in [-0.3, -0.25) is 19.3 Å². The zero-order valence-corrected chi connectivity index (χ0v) is 14.8. The van der Waals surface area contributed by atoms with Crippen LogP contribution in [0.15, 0.2) is 59.5 Å². The Kier molecular flexibility index (Phi) is 5.34. The van der Waals surface area contributed by atoms with Crippen LogP contribution < -0.4 is 0 Å². The average molecular weight is 353 g/mol. The number of thioether (sulfide) groups is 1. The van der Waals surface area contributed by atoms with Crippen LogP contribution in [0.5, 0.6) is 0 Å². The Labute approximate surface area is 151 Å². The summed E-state index contributed by atoms with van der Waals surface area (Å²) >= 11 is 1.57. The number of imide groups is 1. The number of likely N-dealkylation sites (tertiary alicyclic amines) is 1. The van der Waals surface area contributed by atoms with Gasteiger partial charge in [0.2, 0.25) is 11.7 Å². The molecule has 0 spiro atoms. The van der Waals surface area contributed by atoms with Crippen molar-refractivity contribution in [3.63, 3.8) is 0 Å². The lowest BCUT2D eigenvalue weighted by Gasteiger charge is -2.13. The maximum Gasteiger partial charge on any atom is 0.297 e. The third-order valence-corrected chi connectivity index (χ3v) is 5.26. The quantitative estimate of drug-likeness (QED) is 0.612. The molecule has 0 saturated carbocycles. The summed E-state index contributed by atoms with van der Waals surface area (Å²) in [6, 6.07) is 17.2. The summed E-state index contributed by atoms with van der Waals surface area (Å²) in [6.07, 6.45) is 0.235. The molecule has 0 aromatic heterocycles. The van der Waals surface area contributed by atoms with Crippen LogP contribution in [0.3, 0.4) is 0 Å². The van der Waals surface area contributed by atoms with Gasteiger partial charge in [0.1, 0.15) is 0 Å². The van der Waals surface area contributed by atoms with Crippen molar-refractivity contribution in [3.05, 3.63) is 65.7 Å². The lowest BCUT2D eigenvalue weighted by atomic mass is 9.97. The fraction of sp³-hybridized carbons (Fsp3) is 0.250. The van der Waals surface area contributed by atoms with Crippen LogP contribution >= 0.6 is 11.8 Å². The molecule has 1 heterocycles. The Morgan fingerprint density at radius 3 is 2.44 bits per heavy atom. The largest absolute Gasteiger partial charge is 0.297 e. The van der Waals surface area contributed by atoms with Gasteiger partial charge in [0.05, 0.1) is 5.92 Å². The summed E-state index contributed by atoms with van der Waals surface area (Å²) in [4.78, 5) is 38.9. The van der Waals surface area contributed by atoms with Gasteiger partial charge in [0.15, 0.2) is 0 Å². The molecule has 0 bridgehead atoms. The second-order valence-corrected chi connectivity index (χ2v) is 7.22. The SMILES string of the molecule is Cc1ccc(SCCC(=O)N2C[C@H](c3ccccc3)C(=O)C2=O)cc1. The molecular weight excluding hydrogens is 334 g/mol. The zero-order valence-electron chi connectivity index (χ0n) is 14.0. The van der Waals surface area contributed by atoms with E-state index in [2.05, 4.69) is 0 Å². The van der Waals surface area contributed by atoms with Gasteiger partial charge in [-0.25, -0.2) is 0 Å². The van der Waals surface area contributed by atoms with E-state index in [0.29, 0.717) is 5.75 Å². The summed E-state index contributed by atoms with van der Waals surface area (Å²) in [6.45, 7) is 2.17. The number of hydrogen-bond donors (Lipinski definition) is 0. The number of rotatable bonds is 5. The van der Waals surface area contributed by atoms with Crippen LogP contribution in [0.2, 0.25) is 0 Å². The van der Waals surface area contributed by atoms with Crippen molar-refractivity contribution in [3.8, 4) is 0 Å². The second kappa shape index (κ2) is 7.66. The molecule has 3 rings (SSSR count). The summed E-state index contributed by atoms with van der Waals surface area (Å²) < 4.78 is 0. The summed E-state index contributed by atoms with van der Waals surface area (Å²) in [5, 5.41) is 0. The van der Waals surface area contributed by atoms with E-state index in [4.69, 9.17) is 0 Å². The van der Waals surface area contributed by atoms with Gasteiger partial charge in [0.25, 0.3) is 5.91 Å². The second-order valence-electron chi connectivity index (χ2n) is 6.05. The predicted molar refractivity (Wildman–Crippen MR) is 97.4 cm³/mol. The Morgan fingerprint density at radius 1 is 1.08 bits per heavy atom. The number of ketones is 1. The maximum absolute atomic E-state index is 12.4. The Morgan fingerprint density at radius 2 is 1.76 bits per heavy atom. The van der Waals surface area contributed by atoms with E-state index in [1.54, 1.807) is 11.8 Å². The molecule has 1 atom stereocenters. The highest BCUT2D eigenvalue weighted by atomic mass is 32.2.